The maximum absolute atomic E-state index is 3.50. The minimum Gasteiger partial charge on any atom is -0.316 e. The van der Waals surface area contributed by atoms with Gasteiger partial charge in [0.15, 0.2) is 0 Å². The van der Waals surface area contributed by atoms with Gasteiger partial charge >= 0.3 is 0 Å². The van der Waals surface area contributed by atoms with E-state index >= 15 is 0 Å². The van der Waals surface area contributed by atoms with Crippen LogP contribution in [0.4, 0.5) is 0 Å². The molecule has 2 rings (SSSR count). The number of rotatable bonds is 7. The molecule has 1 N–H and O–H groups in total. The highest BCUT2D eigenvalue weighted by molar-refractivity contribution is 5.22. The first-order valence-corrected chi connectivity index (χ1v) is 7.75. The molecule has 1 aromatic carbocycles. The number of hydrogen-bond donors (Lipinski definition) is 1. The highest BCUT2D eigenvalue weighted by atomic mass is 15.1. The Morgan fingerprint density at radius 1 is 1.05 bits per heavy atom. The number of nitrogens with zero attached hydrogens (tertiary/aromatic N) is 1. The summed E-state index contributed by atoms with van der Waals surface area (Å²) in [7, 11) is 0. The van der Waals surface area contributed by atoms with Gasteiger partial charge in [-0.25, -0.2) is 0 Å². The smallest absolute Gasteiger partial charge is 0.0233 e. The molecule has 19 heavy (non-hydrogen) atoms. The van der Waals surface area contributed by atoms with Crippen LogP contribution in [0, 0.1) is 5.92 Å². The molecule has 0 amide bonds. The Balaban J connectivity index is 1.71. The summed E-state index contributed by atoms with van der Waals surface area (Å²) < 4.78 is 0. The molecule has 1 saturated heterocycles. The molecule has 2 nitrogen and oxygen atoms in total. The molecule has 1 aromatic rings. The van der Waals surface area contributed by atoms with Gasteiger partial charge < -0.3 is 5.32 Å². The molecule has 1 aliphatic rings. The van der Waals surface area contributed by atoms with Crippen LogP contribution in [0.5, 0.6) is 0 Å². The molecular weight excluding hydrogens is 232 g/mol. The minimum absolute atomic E-state index is 0.739. The van der Waals surface area contributed by atoms with E-state index in [4.69, 9.17) is 0 Å². The van der Waals surface area contributed by atoms with E-state index in [9.17, 15) is 0 Å². The third kappa shape index (κ3) is 5.33. The highest BCUT2D eigenvalue weighted by Gasteiger charge is 2.11. The van der Waals surface area contributed by atoms with Crippen LogP contribution >= 0.6 is 0 Å². The summed E-state index contributed by atoms with van der Waals surface area (Å²) in [5, 5.41) is 3.50. The van der Waals surface area contributed by atoms with Crippen molar-refractivity contribution >= 4 is 0 Å². The molecule has 0 bridgehead atoms. The molecule has 0 aromatic heterocycles. The Morgan fingerprint density at radius 3 is 2.32 bits per heavy atom. The van der Waals surface area contributed by atoms with E-state index in [0.29, 0.717) is 0 Å². The summed E-state index contributed by atoms with van der Waals surface area (Å²) >= 11 is 0. The van der Waals surface area contributed by atoms with Gasteiger partial charge in [0.25, 0.3) is 0 Å². The fourth-order valence-corrected chi connectivity index (χ4v) is 2.63. The van der Waals surface area contributed by atoms with Crippen LogP contribution in [-0.4, -0.2) is 31.1 Å². The molecule has 1 heterocycles. The van der Waals surface area contributed by atoms with E-state index in [1.165, 1.54) is 37.1 Å². The fraction of sp³-hybridized carbons (Fsp3) is 0.647. The molecule has 0 spiro atoms. The van der Waals surface area contributed by atoms with Gasteiger partial charge in [0, 0.05) is 6.54 Å². The van der Waals surface area contributed by atoms with Gasteiger partial charge in [-0.2, -0.15) is 0 Å². The van der Waals surface area contributed by atoms with Crippen LogP contribution in [0.3, 0.4) is 0 Å². The highest BCUT2D eigenvalue weighted by Crippen LogP contribution is 2.13. The second kappa shape index (κ2) is 7.66. The van der Waals surface area contributed by atoms with Gasteiger partial charge in [0.05, 0.1) is 0 Å². The maximum atomic E-state index is 3.50. The molecule has 0 atom stereocenters. The molecule has 0 radical (unpaired) electrons. The average molecular weight is 260 g/mol. The van der Waals surface area contributed by atoms with Crippen molar-refractivity contribution in [2.45, 2.75) is 39.7 Å². The van der Waals surface area contributed by atoms with E-state index < -0.39 is 0 Å². The molecule has 0 aliphatic carbocycles. The first-order valence-electron chi connectivity index (χ1n) is 7.75. The van der Waals surface area contributed by atoms with E-state index in [1.54, 1.807) is 0 Å². The topological polar surface area (TPSA) is 15.3 Å². The Bertz CT molecular complexity index is 350. The second-order valence-corrected chi connectivity index (χ2v) is 6.15. The van der Waals surface area contributed by atoms with E-state index in [1.807, 2.05) is 0 Å². The van der Waals surface area contributed by atoms with Crippen LogP contribution in [0.1, 0.15) is 37.8 Å². The lowest BCUT2D eigenvalue weighted by molar-refractivity contribution is 0.331. The summed E-state index contributed by atoms with van der Waals surface area (Å²) in [5.41, 5.74) is 2.90. The van der Waals surface area contributed by atoms with Crippen LogP contribution in [0.25, 0.3) is 0 Å². The lowest BCUT2D eigenvalue weighted by atomic mass is 10.1. The summed E-state index contributed by atoms with van der Waals surface area (Å²) in [6.07, 6.45) is 3.88. The van der Waals surface area contributed by atoms with Crippen molar-refractivity contribution in [2.75, 3.05) is 26.2 Å². The first kappa shape index (κ1) is 14.5. The molecule has 0 saturated carbocycles. The number of nitrogens with one attached hydrogen (secondary N) is 1. The fourth-order valence-electron chi connectivity index (χ4n) is 2.63. The summed E-state index contributed by atoms with van der Waals surface area (Å²) in [6, 6.07) is 9.19. The van der Waals surface area contributed by atoms with Crippen LogP contribution in [0.15, 0.2) is 24.3 Å². The standard InChI is InChI=1S/C17H28N2/c1-15(2)13-18-10-9-16-5-7-17(8-6-16)14-19-11-3-4-12-19/h5-8,15,18H,3-4,9-14H2,1-2H3. The van der Waals surface area contributed by atoms with Crippen molar-refractivity contribution in [1.82, 2.24) is 10.2 Å². The number of likely N-dealkylation sites (tertiary alicyclic amines) is 1. The van der Waals surface area contributed by atoms with E-state index in [2.05, 4.69) is 48.3 Å². The molecule has 0 unspecified atom stereocenters. The zero-order valence-electron chi connectivity index (χ0n) is 12.5. The third-order valence-corrected chi connectivity index (χ3v) is 3.77. The van der Waals surface area contributed by atoms with E-state index in [-0.39, 0.29) is 0 Å². The lowest BCUT2D eigenvalue weighted by Crippen LogP contribution is -2.22. The molecular formula is C17H28N2. The average Bonchev–Trinajstić information content (AvgIpc) is 2.89. The van der Waals surface area contributed by atoms with Gasteiger partial charge in [0.1, 0.15) is 0 Å². The zero-order valence-corrected chi connectivity index (χ0v) is 12.5. The Morgan fingerprint density at radius 2 is 1.68 bits per heavy atom. The summed E-state index contributed by atoms with van der Waals surface area (Å²) in [4.78, 5) is 2.55. The predicted molar refractivity (Wildman–Crippen MR) is 82.4 cm³/mol. The van der Waals surface area contributed by atoms with Crippen molar-refractivity contribution in [3.63, 3.8) is 0 Å². The van der Waals surface area contributed by atoms with Gasteiger partial charge in [-0.05, 0) is 62.5 Å². The third-order valence-electron chi connectivity index (χ3n) is 3.77. The first-order chi connectivity index (χ1) is 9.24. The van der Waals surface area contributed by atoms with Gasteiger partial charge in [-0.3, -0.25) is 4.90 Å². The van der Waals surface area contributed by atoms with Crippen molar-refractivity contribution < 1.29 is 0 Å². The van der Waals surface area contributed by atoms with Gasteiger partial charge in [-0.1, -0.05) is 38.1 Å². The second-order valence-electron chi connectivity index (χ2n) is 6.15. The monoisotopic (exact) mass is 260 g/mol. The zero-order chi connectivity index (χ0) is 13.5. The number of hydrogen-bond acceptors (Lipinski definition) is 2. The Hall–Kier alpha value is -0.860. The maximum Gasteiger partial charge on any atom is 0.0233 e. The van der Waals surface area contributed by atoms with E-state index in [0.717, 1.165) is 32.0 Å². The summed E-state index contributed by atoms with van der Waals surface area (Å²) in [6.45, 7) is 10.4. The Kier molecular flexibility index (Phi) is 5.87. The molecule has 1 aliphatic heterocycles. The van der Waals surface area contributed by atoms with Gasteiger partial charge in [-0.15, -0.1) is 0 Å². The minimum atomic E-state index is 0.739. The van der Waals surface area contributed by atoms with Crippen LogP contribution < -0.4 is 5.32 Å². The molecule has 2 heteroatoms. The largest absolute Gasteiger partial charge is 0.316 e. The van der Waals surface area contributed by atoms with Crippen molar-refractivity contribution in [1.29, 1.82) is 0 Å². The summed E-state index contributed by atoms with van der Waals surface area (Å²) in [5.74, 6) is 0.739. The molecule has 106 valence electrons. The molecule has 1 fully saturated rings. The van der Waals surface area contributed by atoms with Crippen LogP contribution in [0.2, 0.25) is 0 Å². The van der Waals surface area contributed by atoms with Crippen molar-refractivity contribution in [3.8, 4) is 0 Å². The van der Waals surface area contributed by atoms with Gasteiger partial charge in [0.2, 0.25) is 0 Å². The SMILES string of the molecule is CC(C)CNCCc1ccc(CN2CCCC2)cc1. The predicted octanol–water partition coefficient (Wildman–Crippen LogP) is 3.07. The van der Waals surface area contributed by atoms with Crippen LogP contribution in [-0.2, 0) is 13.0 Å². The quantitative estimate of drug-likeness (QED) is 0.758. The van der Waals surface area contributed by atoms with Crippen molar-refractivity contribution in [3.05, 3.63) is 35.4 Å². The normalized spacial score (nSPS) is 16.4. The Labute approximate surface area is 118 Å². The number of benzene rings is 1. The lowest BCUT2D eigenvalue weighted by Gasteiger charge is -2.14. The van der Waals surface area contributed by atoms with Crippen molar-refractivity contribution in [2.24, 2.45) is 5.92 Å².